The average Bonchev–Trinajstić information content (AvgIpc) is 3.25. The highest BCUT2D eigenvalue weighted by molar-refractivity contribution is 6.04. The van der Waals surface area contributed by atoms with Crippen LogP contribution in [0.2, 0.25) is 0 Å². The first-order valence-corrected chi connectivity index (χ1v) is 8.82. The second kappa shape index (κ2) is 6.68. The minimum absolute atomic E-state index is 0.256. The number of carbonyl (C=O) groups excluding carboxylic acids is 1. The van der Waals surface area contributed by atoms with E-state index in [4.69, 9.17) is 0 Å². The summed E-state index contributed by atoms with van der Waals surface area (Å²) in [5.41, 5.74) is 6.49. The van der Waals surface area contributed by atoms with Crippen molar-refractivity contribution in [3.05, 3.63) is 59.3 Å². The first-order valence-electron chi connectivity index (χ1n) is 8.82. The number of hydrogen-bond acceptors (Lipinski definition) is 4. The highest BCUT2D eigenvalue weighted by atomic mass is 16.1. The number of aryl methyl sites for hydroxylation is 2. The van der Waals surface area contributed by atoms with E-state index in [9.17, 15) is 4.79 Å². The molecule has 0 aliphatic carbocycles. The molecule has 0 radical (unpaired) electrons. The van der Waals surface area contributed by atoms with E-state index >= 15 is 0 Å². The second-order valence-corrected chi connectivity index (χ2v) is 6.51. The third-order valence-corrected chi connectivity index (χ3v) is 4.69. The van der Waals surface area contributed by atoms with Gasteiger partial charge in [-0.25, -0.2) is 4.98 Å². The van der Waals surface area contributed by atoms with Crippen molar-refractivity contribution in [1.82, 2.24) is 25.1 Å². The number of carbonyl (C=O) groups is 1. The standard InChI is InChI=1S/C20H20N6O/c1-4-15-6-5-13(9-21-15)17-8-14-7-16(10-22-19(14)24-17)23-20(27)18-11(2)12(3)25-26-18/h5-10H,4H2,1-3H3,(H,22,24)(H,23,27)(H,25,26). The highest BCUT2D eigenvalue weighted by Crippen LogP contribution is 2.25. The molecule has 3 N–H and O–H groups in total. The predicted octanol–water partition coefficient (Wildman–Crippen LogP) is 3.78. The van der Waals surface area contributed by atoms with Gasteiger partial charge in [0.15, 0.2) is 5.69 Å². The molecule has 0 fully saturated rings. The summed E-state index contributed by atoms with van der Waals surface area (Å²) in [5, 5.41) is 10.7. The normalized spacial score (nSPS) is 11.1. The molecular formula is C20H20N6O. The van der Waals surface area contributed by atoms with Crippen molar-refractivity contribution in [1.29, 1.82) is 0 Å². The Kier molecular flexibility index (Phi) is 4.19. The van der Waals surface area contributed by atoms with Gasteiger partial charge in [-0.3, -0.25) is 14.9 Å². The van der Waals surface area contributed by atoms with Gasteiger partial charge in [-0.2, -0.15) is 5.10 Å². The zero-order chi connectivity index (χ0) is 19.0. The van der Waals surface area contributed by atoms with Gasteiger partial charge in [0.1, 0.15) is 5.65 Å². The van der Waals surface area contributed by atoms with Crippen LogP contribution in [0.3, 0.4) is 0 Å². The Bertz CT molecular complexity index is 1120. The number of nitrogens with zero attached hydrogens (tertiary/aromatic N) is 3. The van der Waals surface area contributed by atoms with Crippen molar-refractivity contribution in [2.75, 3.05) is 5.32 Å². The van der Waals surface area contributed by atoms with Gasteiger partial charge in [-0.15, -0.1) is 0 Å². The van der Waals surface area contributed by atoms with Crippen LogP contribution in [0.15, 0.2) is 36.7 Å². The maximum Gasteiger partial charge on any atom is 0.276 e. The Morgan fingerprint density at radius 2 is 2.00 bits per heavy atom. The summed E-state index contributed by atoms with van der Waals surface area (Å²) < 4.78 is 0. The molecule has 4 aromatic rings. The highest BCUT2D eigenvalue weighted by Gasteiger charge is 2.15. The molecule has 4 rings (SSSR count). The Morgan fingerprint density at radius 3 is 2.67 bits per heavy atom. The van der Waals surface area contributed by atoms with Gasteiger partial charge in [-0.1, -0.05) is 6.92 Å². The van der Waals surface area contributed by atoms with Crippen LogP contribution in [0.5, 0.6) is 0 Å². The fourth-order valence-corrected chi connectivity index (χ4v) is 2.93. The molecule has 27 heavy (non-hydrogen) atoms. The van der Waals surface area contributed by atoms with Crippen molar-refractivity contribution < 1.29 is 4.79 Å². The van der Waals surface area contributed by atoms with Crippen LogP contribution in [-0.2, 0) is 6.42 Å². The number of fused-ring (bicyclic) bond motifs is 1. The molecule has 0 aliphatic heterocycles. The molecule has 0 saturated carbocycles. The maximum absolute atomic E-state index is 12.4. The summed E-state index contributed by atoms with van der Waals surface area (Å²) in [6.45, 7) is 5.83. The summed E-state index contributed by atoms with van der Waals surface area (Å²) in [5.74, 6) is -0.256. The topological polar surface area (TPSA) is 99.4 Å². The molecule has 7 nitrogen and oxygen atoms in total. The monoisotopic (exact) mass is 360 g/mol. The van der Waals surface area contributed by atoms with Gasteiger partial charge in [0.2, 0.25) is 0 Å². The summed E-state index contributed by atoms with van der Waals surface area (Å²) in [6, 6.07) is 7.96. The number of amides is 1. The summed E-state index contributed by atoms with van der Waals surface area (Å²) in [4.78, 5) is 24.6. The third kappa shape index (κ3) is 3.19. The SMILES string of the molecule is CCc1ccc(-c2cc3cc(NC(=O)c4n[nH]c(C)c4C)cnc3[nH]2)cn1. The van der Waals surface area contributed by atoms with Gasteiger partial charge in [0.25, 0.3) is 5.91 Å². The number of aromatic nitrogens is 5. The van der Waals surface area contributed by atoms with E-state index in [2.05, 4.69) is 37.4 Å². The lowest BCUT2D eigenvalue weighted by atomic mass is 10.2. The first-order chi connectivity index (χ1) is 13.0. The first kappa shape index (κ1) is 17.0. The maximum atomic E-state index is 12.4. The molecule has 0 unspecified atom stereocenters. The van der Waals surface area contributed by atoms with E-state index in [-0.39, 0.29) is 5.91 Å². The Hall–Kier alpha value is -3.48. The smallest absolute Gasteiger partial charge is 0.276 e. The molecule has 0 aliphatic rings. The molecule has 1 amide bonds. The minimum atomic E-state index is -0.256. The number of hydrogen-bond donors (Lipinski definition) is 3. The van der Waals surface area contributed by atoms with Crippen molar-refractivity contribution in [2.24, 2.45) is 0 Å². The van der Waals surface area contributed by atoms with Crippen molar-refractivity contribution in [2.45, 2.75) is 27.2 Å². The van der Waals surface area contributed by atoms with Crippen molar-refractivity contribution >= 4 is 22.6 Å². The molecule has 0 aromatic carbocycles. The molecule has 0 atom stereocenters. The van der Waals surface area contributed by atoms with Gasteiger partial charge < -0.3 is 10.3 Å². The lowest BCUT2D eigenvalue weighted by Crippen LogP contribution is -2.13. The Balaban J connectivity index is 1.60. The number of aromatic amines is 2. The number of pyridine rings is 2. The number of anilines is 1. The number of rotatable bonds is 4. The Morgan fingerprint density at radius 1 is 1.15 bits per heavy atom. The number of nitrogens with one attached hydrogen (secondary N) is 3. The zero-order valence-electron chi connectivity index (χ0n) is 15.4. The van der Waals surface area contributed by atoms with Gasteiger partial charge in [0.05, 0.1) is 11.9 Å². The van der Waals surface area contributed by atoms with Gasteiger partial charge in [0, 0.05) is 39.8 Å². The van der Waals surface area contributed by atoms with Crippen LogP contribution in [0, 0.1) is 13.8 Å². The van der Waals surface area contributed by atoms with Crippen LogP contribution < -0.4 is 5.32 Å². The summed E-state index contributed by atoms with van der Waals surface area (Å²) in [7, 11) is 0. The van der Waals surface area contributed by atoms with Gasteiger partial charge in [-0.05, 0) is 44.5 Å². The van der Waals surface area contributed by atoms with E-state index in [1.54, 1.807) is 6.20 Å². The fraction of sp³-hybridized carbons (Fsp3) is 0.200. The second-order valence-electron chi connectivity index (χ2n) is 6.51. The van der Waals surface area contributed by atoms with E-state index in [1.165, 1.54) is 0 Å². The van der Waals surface area contributed by atoms with Crippen molar-refractivity contribution in [3.63, 3.8) is 0 Å². The van der Waals surface area contributed by atoms with Crippen molar-refractivity contribution in [3.8, 4) is 11.3 Å². The molecule has 0 spiro atoms. The third-order valence-electron chi connectivity index (χ3n) is 4.69. The zero-order valence-corrected chi connectivity index (χ0v) is 15.4. The molecule has 4 aromatic heterocycles. The average molecular weight is 360 g/mol. The van der Waals surface area contributed by atoms with E-state index in [0.29, 0.717) is 11.4 Å². The molecule has 4 heterocycles. The minimum Gasteiger partial charge on any atom is -0.339 e. The molecule has 0 saturated heterocycles. The summed E-state index contributed by atoms with van der Waals surface area (Å²) >= 11 is 0. The van der Waals surface area contributed by atoms with E-state index in [1.807, 2.05) is 44.3 Å². The molecular weight excluding hydrogens is 340 g/mol. The molecule has 136 valence electrons. The predicted molar refractivity (Wildman–Crippen MR) is 105 cm³/mol. The largest absolute Gasteiger partial charge is 0.339 e. The Labute approximate surface area is 156 Å². The van der Waals surface area contributed by atoms with Crippen LogP contribution in [0.25, 0.3) is 22.3 Å². The molecule has 7 heteroatoms. The lowest BCUT2D eigenvalue weighted by molar-refractivity contribution is 0.102. The number of H-pyrrole nitrogens is 2. The van der Waals surface area contributed by atoms with Crippen LogP contribution >= 0.6 is 0 Å². The lowest BCUT2D eigenvalue weighted by Gasteiger charge is -2.03. The van der Waals surface area contributed by atoms with Crippen LogP contribution in [0.1, 0.15) is 34.4 Å². The van der Waals surface area contributed by atoms with Crippen LogP contribution in [0.4, 0.5) is 5.69 Å². The quantitative estimate of drug-likeness (QED) is 0.516. The summed E-state index contributed by atoms with van der Waals surface area (Å²) in [6.07, 6.45) is 4.40. The van der Waals surface area contributed by atoms with Gasteiger partial charge >= 0.3 is 0 Å². The van der Waals surface area contributed by atoms with E-state index < -0.39 is 0 Å². The van der Waals surface area contributed by atoms with Crippen LogP contribution in [-0.4, -0.2) is 31.1 Å². The molecule has 0 bridgehead atoms. The fourth-order valence-electron chi connectivity index (χ4n) is 2.93. The van der Waals surface area contributed by atoms with E-state index in [0.717, 1.165) is 45.7 Å².